The minimum Gasteiger partial charge on any atom is -0.479 e. The number of carbonyl (C=O) groups is 1. The first-order valence-corrected chi connectivity index (χ1v) is 12.6. The van der Waals surface area contributed by atoms with Crippen molar-refractivity contribution in [2.75, 3.05) is 24.3 Å². The van der Waals surface area contributed by atoms with E-state index in [2.05, 4.69) is 25.6 Å². The van der Waals surface area contributed by atoms with Gasteiger partial charge in [0.2, 0.25) is 11.8 Å². The van der Waals surface area contributed by atoms with E-state index in [-0.39, 0.29) is 5.97 Å². The Morgan fingerprint density at radius 2 is 1.81 bits per heavy atom. The van der Waals surface area contributed by atoms with E-state index in [1.54, 1.807) is 25.7 Å². The summed E-state index contributed by atoms with van der Waals surface area (Å²) in [4.78, 5) is 30.1. The van der Waals surface area contributed by atoms with Crippen LogP contribution in [0.4, 0.5) is 11.8 Å². The minimum absolute atomic E-state index is 0.271. The summed E-state index contributed by atoms with van der Waals surface area (Å²) in [6, 6.07) is 6.38. The molecule has 1 atom stereocenters. The van der Waals surface area contributed by atoms with Crippen LogP contribution >= 0.6 is 0 Å². The van der Waals surface area contributed by atoms with Crippen LogP contribution in [-0.4, -0.2) is 51.2 Å². The first kappa shape index (κ1) is 25.6. The number of hydrogen-bond donors (Lipinski definition) is 2. The van der Waals surface area contributed by atoms with Gasteiger partial charge in [-0.25, -0.2) is 19.9 Å². The Morgan fingerprint density at radius 3 is 2.47 bits per heavy atom. The third-order valence-electron chi connectivity index (χ3n) is 6.45. The molecular weight excluding hydrogens is 456 g/mol. The van der Waals surface area contributed by atoms with E-state index in [9.17, 15) is 4.79 Å². The van der Waals surface area contributed by atoms with Crippen molar-refractivity contribution in [3.63, 3.8) is 0 Å². The normalized spacial score (nSPS) is 18.9. The van der Waals surface area contributed by atoms with Crippen molar-refractivity contribution in [1.29, 1.82) is 0 Å². The molecule has 192 valence electrons. The maximum absolute atomic E-state index is 12.3. The summed E-state index contributed by atoms with van der Waals surface area (Å²) >= 11 is 0. The van der Waals surface area contributed by atoms with Gasteiger partial charge in [-0.2, -0.15) is 0 Å². The number of hydrogen-bond acceptors (Lipinski definition) is 9. The van der Waals surface area contributed by atoms with Crippen molar-refractivity contribution in [2.24, 2.45) is 5.92 Å². The van der Waals surface area contributed by atoms with Crippen LogP contribution in [0.5, 0.6) is 5.88 Å². The number of ether oxygens (including phenoxy) is 2. The maximum Gasteiger partial charge on any atom is 0.313 e. The Bertz CT molecular complexity index is 1170. The van der Waals surface area contributed by atoms with E-state index in [4.69, 9.17) is 14.5 Å². The molecule has 0 bridgehead atoms. The van der Waals surface area contributed by atoms with E-state index in [0.29, 0.717) is 23.8 Å². The lowest BCUT2D eigenvalue weighted by molar-refractivity contribution is -0.156. The third-order valence-corrected chi connectivity index (χ3v) is 6.45. The molecule has 36 heavy (non-hydrogen) atoms. The molecule has 1 unspecified atom stereocenters. The fraction of sp³-hybridized carbons (Fsp3) is 0.519. The van der Waals surface area contributed by atoms with E-state index in [1.165, 1.54) is 0 Å². The molecular formula is C27H36N6O3. The number of pyridine rings is 2. The molecule has 0 spiro atoms. The molecule has 3 aromatic rings. The molecule has 4 rings (SSSR count). The predicted molar refractivity (Wildman–Crippen MR) is 140 cm³/mol. The van der Waals surface area contributed by atoms with Crippen LogP contribution in [0, 0.1) is 5.92 Å². The molecule has 1 aliphatic carbocycles. The van der Waals surface area contributed by atoms with Crippen molar-refractivity contribution in [3.8, 4) is 5.88 Å². The second-order valence-electron chi connectivity index (χ2n) is 10.4. The fourth-order valence-electron chi connectivity index (χ4n) is 4.39. The highest BCUT2D eigenvalue weighted by atomic mass is 16.6. The number of nitrogens with one attached hydrogen (secondary N) is 2. The van der Waals surface area contributed by atoms with Crippen LogP contribution in [0.25, 0.3) is 10.9 Å². The average molecular weight is 493 g/mol. The molecule has 2 N–H and O–H groups in total. The second-order valence-corrected chi connectivity index (χ2v) is 10.4. The molecule has 3 aromatic heterocycles. The minimum atomic E-state index is -0.515. The zero-order chi connectivity index (χ0) is 25.7. The summed E-state index contributed by atoms with van der Waals surface area (Å²) in [7, 11) is 1.61. The van der Waals surface area contributed by atoms with Crippen molar-refractivity contribution in [1.82, 2.24) is 19.9 Å². The Balaban J connectivity index is 1.24. The highest BCUT2D eigenvalue weighted by Crippen LogP contribution is 2.28. The van der Waals surface area contributed by atoms with Gasteiger partial charge in [0, 0.05) is 42.1 Å². The number of fused-ring (bicyclic) bond motifs is 1. The first-order valence-electron chi connectivity index (χ1n) is 12.6. The van der Waals surface area contributed by atoms with Gasteiger partial charge in [0.25, 0.3) is 0 Å². The second kappa shape index (κ2) is 11.1. The van der Waals surface area contributed by atoms with E-state index < -0.39 is 11.5 Å². The number of methoxy groups -OCH3 is 1. The van der Waals surface area contributed by atoms with Crippen molar-refractivity contribution in [3.05, 3.63) is 42.4 Å². The highest BCUT2D eigenvalue weighted by molar-refractivity contribution is 5.84. The van der Waals surface area contributed by atoms with Crippen LogP contribution in [-0.2, 0) is 9.53 Å². The molecule has 0 aliphatic heterocycles. The zero-order valence-electron chi connectivity index (χ0n) is 21.7. The molecule has 0 saturated heterocycles. The van der Waals surface area contributed by atoms with Crippen molar-refractivity contribution >= 4 is 28.6 Å². The molecule has 9 heteroatoms. The molecule has 3 heterocycles. The van der Waals surface area contributed by atoms with E-state index in [0.717, 1.165) is 54.5 Å². The lowest BCUT2D eigenvalue weighted by atomic mass is 9.86. The molecule has 0 radical (unpaired) electrons. The van der Waals surface area contributed by atoms with Crippen LogP contribution in [0.15, 0.2) is 36.8 Å². The molecule has 1 saturated carbocycles. The Morgan fingerprint density at radius 1 is 1.08 bits per heavy atom. The Labute approximate surface area is 212 Å². The van der Waals surface area contributed by atoms with Crippen LogP contribution < -0.4 is 15.4 Å². The number of rotatable bonds is 8. The summed E-state index contributed by atoms with van der Waals surface area (Å²) < 4.78 is 10.8. The predicted octanol–water partition coefficient (Wildman–Crippen LogP) is 4.96. The van der Waals surface area contributed by atoms with Crippen molar-refractivity contribution < 1.29 is 14.3 Å². The molecule has 9 nitrogen and oxygen atoms in total. The average Bonchev–Trinajstić information content (AvgIpc) is 2.87. The van der Waals surface area contributed by atoms with Crippen LogP contribution in [0.2, 0.25) is 0 Å². The van der Waals surface area contributed by atoms with E-state index >= 15 is 0 Å². The lowest BCUT2D eigenvalue weighted by Crippen LogP contribution is -2.29. The molecule has 0 aromatic carbocycles. The standard InChI is InChI=1S/C27H36N6O3/c1-17(25(34)36-27(2,3)4)20-15-30-26(31-16-20)29-14-18-6-9-21(10-7-18)32-22-11-8-19-12-13-28-24(35-5)23(19)33-22/h8,11-13,15-18,21H,6-7,9-10,14H2,1-5H3,(H,32,33)(H,29,30,31). The van der Waals surface area contributed by atoms with Gasteiger partial charge in [-0.3, -0.25) is 4.79 Å². The molecule has 1 fully saturated rings. The van der Waals surface area contributed by atoms with Gasteiger partial charge >= 0.3 is 5.97 Å². The van der Waals surface area contributed by atoms with Gasteiger partial charge in [-0.1, -0.05) is 0 Å². The SMILES string of the molecule is COc1nccc2ccc(NC3CCC(CNc4ncc(C(C)C(=O)OC(C)(C)C)cn4)CC3)nc12. The topological polar surface area (TPSA) is 111 Å². The lowest BCUT2D eigenvalue weighted by Gasteiger charge is -2.29. The maximum atomic E-state index is 12.3. The summed E-state index contributed by atoms with van der Waals surface area (Å²) in [5, 5.41) is 7.95. The van der Waals surface area contributed by atoms with Gasteiger partial charge in [0.05, 0.1) is 13.0 Å². The number of nitrogens with zero attached hydrogens (tertiary/aromatic N) is 4. The van der Waals surface area contributed by atoms with Gasteiger partial charge in [-0.05, 0) is 77.5 Å². The first-order chi connectivity index (χ1) is 17.2. The number of aromatic nitrogens is 4. The van der Waals surface area contributed by atoms with E-state index in [1.807, 2.05) is 45.9 Å². The quantitative estimate of drug-likeness (QED) is 0.422. The zero-order valence-corrected chi connectivity index (χ0v) is 21.7. The highest BCUT2D eigenvalue weighted by Gasteiger charge is 2.24. The van der Waals surface area contributed by atoms with Crippen molar-refractivity contribution in [2.45, 2.75) is 70.9 Å². The van der Waals surface area contributed by atoms with Gasteiger partial charge < -0.3 is 20.1 Å². The Kier molecular flexibility index (Phi) is 7.86. The van der Waals surface area contributed by atoms with Crippen LogP contribution in [0.1, 0.15) is 64.9 Å². The van der Waals surface area contributed by atoms with Crippen LogP contribution in [0.3, 0.4) is 0 Å². The summed E-state index contributed by atoms with van der Waals surface area (Å²) in [6.45, 7) is 8.22. The smallest absolute Gasteiger partial charge is 0.313 e. The monoisotopic (exact) mass is 492 g/mol. The number of anilines is 2. The van der Waals surface area contributed by atoms with Gasteiger partial charge in [0.15, 0.2) is 0 Å². The fourth-order valence-corrected chi connectivity index (χ4v) is 4.39. The third kappa shape index (κ3) is 6.59. The van der Waals surface area contributed by atoms with Gasteiger partial charge in [-0.15, -0.1) is 0 Å². The molecule has 0 amide bonds. The number of carbonyl (C=O) groups excluding carboxylic acids is 1. The van der Waals surface area contributed by atoms with Gasteiger partial charge in [0.1, 0.15) is 16.9 Å². The summed E-state index contributed by atoms with van der Waals surface area (Å²) in [6.07, 6.45) is 9.49. The summed E-state index contributed by atoms with van der Waals surface area (Å²) in [5.74, 6) is 1.85. The molecule has 1 aliphatic rings. The summed E-state index contributed by atoms with van der Waals surface area (Å²) in [5.41, 5.74) is 1.01. The number of esters is 1. The largest absolute Gasteiger partial charge is 0.479 e. The Hall–Kier alpha value is -3.49.